The van der Waals surface area contributed by atoms with Crippen LogP contribution in [-0.2, 0) is 0 Å². The zero-order chi connectivity index (χ0) is 13.6. The van der Waals surface area contributed by atoms with E-state index in [1.807, 2.05) is 19.1 Å². The standard InChI is InChI=1S/C15H21N3O/c1-10-3-4-11(7-14(10)15(16)19)18-8-12-5-6-13(9-18)17(12)2/h3-4,7,12-13H,5-6,8-9H2,1-2H3,(H2,16,19)/t12-,13+. The summed E-state index contributed by atoms with van der Waals surface area (Å²) in [4.78, 5) is 16.3. The van der Waals surface area contributed by atoms with Gasteiger partial charge in [-0.05, 0) is 44.5 Å². The van der Waals surface area contributed by atoms with Crippen LogP contribution in [0.15, 0.2) is 18.2 Å². The lowest BCUT2D eigenvalue weighted by atomic mass is 10.1. The van der Waals surface area contributed by atoms with Crippen molar-refractivity contribution in [3.63, 3.8) is 0 Å². The molecule has 2 N–H and O–H groups in total. The summed E-state index contributed by atoms with van der Waals surface area (Å²) in [6.45, 7) is 4.03. The molecule has 19 heavy (non-hydrogen) atoms. The first-order chi connectivity index (χ1) is 9.06. The Morgan fingerprint density at radius 3 is 2.47 bits per heavy atom. The van der Waals surface area contributed by atoms with Crippen LogP contribution in [0.25, 0.3) is 0 Å². The maximum Gasteiger partial charge on any atom is 0.249 e. The van der Waals surface area contributed by atoms with E-state index in [9.17, 15) is 4.79 Å². The summed E-state index contributed by atoms with van der Waals surface area (Å²) in [6.07, 6.45) is 2.57. The van der Waals surface area contributed by atoms with Gasteiger partial charge in [0.1, 0.15) is 0 Å². The number of hydrogen-bond acceptors (Lipinski definition) is 3. The lowest BCUT2D eigenvalue weighted by Crippen LogP contribution is -2.52. The number of anilines is 1. The third kappa shape index (κ3) is 2.10. The van der Waals surface area contributed by atoms with Gasteiger partial charge in [0.15, 0.2) is 0 Å². The Morgan fingerprint density at radius 1 is 1.26 bits per heavy atom. The Kier molecular flexibility index (Phi) is 2.97. The number of aryl methyl sites for hydroxylation is 1. The Morgan fingerprint density at radius 2 is 1.89 bits per heavy atom. The van der Waals surface area contributed by atoms with E-state index in [0.29, 0.717) is 17.6 Å². The predicted octanol–water partition coefficient (Wildman–Crippen LogP) is 1.38. The molecule has 2 aliphatic heterocycles. The fourth-order valence-corrected chi connectivity index (χ4v) is 3.40. The minimum Gasteiger partial charge on any atom is -0.368 e. The normalized spacial score (nSPS) is 26.7. The van der Waals surface area contributed by atoms with Crippen molar-refractivity contribution in [3.05, 3.63) is 29.3 Å². The smallest absolute Gasteiger partial charge is 0.249 e. The van der Waals surface area contributed by atoms with Crippen molar-refractivity contribution < 1.29 is 4.79 Å². The number of carbonyl (C=O) groups excluding carboxylic acids is 1. The predicted molar refractivity (Wildman–Crippen MR) is 76.5 cm³/mol. The van der Waals surface area contributed by atoms with Crippen LogP contribution < -0.4 is 10.6 Å². The molecule has 2 atom stereocenters. The number of benzene rings is 1. The largest absolute Gasteiger partial charge is 0.368 e. The molecule has 0 spiro atoms. The zero-order valence-corrected chi connectivity index (χ0v) is 11.6. The van der Waals surface area contributed by atoms with Crippen molar-refractivity contribution in [2.75, 3.05) is 25.0 Å². The van der Waals surface area contributed by atoms with E-state index in [1.165, 1.54) is 12.8 Å². The molecule has 4 heteroatoms. The topological polar surface area (TPSA) is 49.6 Å². The van der Waals surface area contributed by atoms with Crippen molar-refractivity contribution in [1.29, 1.82) is 0 Å². The molecule has 1 aromatic rings. The zero-order valence-electron chi connectivity index (χ0n) is 11.6. The summed E-state index contributed by atoms with van der Waals surface area (Å²) in [7, 11) is 2.23. The Labute approximate surface area is 114 Å². The highest BCUT2D eigenvalue weighted by molar-refractivity contribution is 5.95. The lowest BCUT2D eigenvalue weighted by Gasteiger charge is -2.40. The van der Waals surface area contributed by atoms with Crippen molar-refractivity contribution in [3.8, 4) is 0 Å². The first kappa shape index (κ1) is 12.5. The SMILES string of the molecule is Cc1ccc(N2C[C@H]3CC[C@@H](C2)N3C)cc1C(N)=O. The molecule has 0 radical (unpaired) electrons. The number of carbonyl (C=O) groups is 1. The van der Waals surface area contributed by atoms with Gasteiger partial charge in [-0.2, -0.15) is 0 Å². The maximum absolute atomic E-state index is 11.4. The number of fused-ring (bicyclic) bond motifs is 2. The van der Waals surface area contributed by atoms with E-state index in [4.69, 9.17) is 5.73 Å². The lowest BCUT2D eigenvalue weighted by molar-refractivity contribution is 0.0999. The van der Waals surface area contributed by atoms with Crippen molar-refractivity contribution in [2.24, 2.45) is 5.73 Å². The third-order valence-electron chi connectivity index (χ3n) is 4.70. The van der Waals surface area contributed by atoms with Gasteiger partial charge in [0, 0.05) is 36.4 Å². The molecule has 0 aliphatic carbocycles. The fourth-order valence-electron chi connectivity index (χ4n) is 3.40. The molecule has 4 nitrogen and oxygen atoms in total. The molecule has 2 heterocycles. The summed E-state index contributed by atoms with van der Waals surface area (Å²) in [5.41, 5.74) is 8.16. The van der Waals surface area contributed by atoms with Gasteiger partial charge in [-0.3, -0.25) is 9.69 Å². The van der Waals surface area contributed by atoms with Crippen LogP contribution in [0.4, 0.5) is 5.69 Å². The van der Waals surface area contributed by atoms with E-state index < -0.39 is 0 Å². The second-order valence-electron chi connectivity index (χ2n) is 5.82. The molecule has 2 saturated heterocycles. The highest BCUT2D eigenvalue weighted by Crippen LogP contribution is 2.31. The van der Waals surface area contributed by atoms with Gasteiger partial charge in [-0.25, -0.2) is 0 Å². The van der Waals surface area contributed by atoms with Gasteiger partial charge in [-0.1, -0.05) is 6.07 Å². The van der Waals surface area contributed by atoms with Crippen LogP contribution in [-0.4, -0.2) is 43.0 Å². The van der Waals surface area contributed by atoms with Crippen molar-refractivity contribution >= 4 is 11.6 Å². The van der Waals surface area contributed by atoms with Crippen molar-refractivity contribution in [2.45, 2.75) is 31.8 Å². The Balaban J connectivity index is 1.87. The first-order valence-electron chi connectivity index (χ1n) is 6.93. The van der Waals surface area contributed by atoms with Crippen molar-refractivity contribution in [1.82, 2.24) is 4.90 Å². The van der Waals surface area contributed by atoms with Gasteiger partial charge in [-0.15, -0.1) is 0 Å². The molecule has 2 aliphatic rings. The number of hydrogen-bond donors (Lipinski definition) is 1. The number of likely N-dealkylation sites (N-methyl/N-ethyl adjacent to an activating group) is 1. The van der Waals surface area contributed by atoms with Crippen LogP contribution in [0.5, 0.6) is 0 Å². The molecule has 1 aromatic carbocycles. The quantitative estimate of drug-likeness (QED) is 0.873. The molecule has 102 valence electrons. The van der Waals surface area contributed by atoms with E-state index >= 15 is 0 Å². The van der Waals surface area contributed by atoms with Crippen LogP contribution in [0, 0.1) is 6.92 Å². The molecule has 0 saturated carbocycles. The maximum atomic E-state index is 11.4. The number of piperazine rings is 1. The molecule has 0 aromatic heterocycles. The van der Waals surface area contributed by atoms with Gasteiger partial charge in [0.25, 0.3) is 0 Å². The molecular weight excluding hydrogens is 238 g/mol. The van der Waals surface area contributed by atoms with Gasteiger partial charge < -0.3 is 10.6 Å². The number of rotatable bonds is 2. The fraction of sp³-hybridized carbons (Fsp3) is 0.533. The highest BCUT2D eigenvalue weighted by Gasteiger charge is 2.37. The molecule has 0 unspecified atom stereocenters. The Bertz CT molecular complexity index is 500. The second-order valence-corrected chi connectivity index (χ2v) is 5.82. The molecule has 1 amide bonds. The average molecular weight is 259 g/mol. The number of primary amides is 1. The summed E-state index contributed by atoms with van der Waals surface area (Å²) >= 11 is 0. The Hall–Kier alpha value is -1.55. The number of nitrogens with zero attached hydrogens (tertiary/aromatic N) is 2. The number of nitrogens with two attached hydrogens (primary N) is 1. The minimum atomic E-state index is -0.337. The van der Waals surface area contributed by atoms with E-state index in [0.717, 1.165) is 24.3 Å². The second kappa shape index (κ2) is 4.53. The van der Waals surface area contributed by atoms with Gasteiger partial charge >= 0.3 is 0 Å². The molecule has 3 rings (SSSR count). The third-order valence-corrected chi connectivity index (χ3v) is 4.70. The number of amides is 1. The van der Waals surface area contributed by atoms with Crippen LogP contribution in [0.1, 0.15) is 28.8 Å². The van der Waals surface area contributed by atoms with E-state index in [2.05, 4.69) is 22.9 Å². The van der Waals surface area contributed by atoms with Crippen LogP contribution in [0.3, 0.4) is 0 Å². The molecule has 2 fully saturated rings. The van der Waals surface area contributed by atoms with Crippen LogP contribution in [0.2, 0.25) is 0 Å². The molecule has 2 bridgehead atoms. The highest BCUT2D eigenvalue weighted by atomic mass is 16.1. The molecular formula is C15H21N3O. The minimum absolute atomic E-state index is 0.337. The summed E-state index contributed by atoms with van der Waals surface area (Å²) in [5.74, 6) is -0.337. The van der Waals surface area contributed by atoms with Gasteiger partial charge in [0.2, 0.25) is 5.91 Å². The van der Waals surface area contributed by atoms with Gasteiger partial charge in [0.05, 0.1) is 0 Å². The monoisotopic (exact) mass is 259 g/mol. The van der Waals surface area contributed by atoms with Crippen LogP contribution >= 0.6 is 0 Å². The summed E-state index contributed by atoms with van der Waals surface area (Å²) < 4.78 is 0. The summed E-state index contributed by atoms with van der Waals surface area (Å²) in [5, 5.41) is 0. The van der Waals surface area contributed by atoms with E-state index in [1.54, 1.807) is 0 Å². The van der Waals surface area contributed by atoms with E-state index in [-0.39, 0.29) is 5.91 Å². The average Bonchev–Trinajstić information content (AvgIpc) is 2.62. The summed E-state index contributed by atoms with van der Waals surface area (Å²) in [6, 6.07) is 7.35. The first-order valence-corrected chi connectivity index (χ1v) is 6.93.